The number of nitrogens with zero attached hydrogens (tertiary/aromatic N) is 18. The largest absolute Gasteiger partial charge is 0.493 e. The van der Waals surface area contributed by atoms with Crippen LogP contribution in [0.4, 0.5) is 28.4 Å². The van der Waals surface area contributed by atoms with Gasteiger partial charge in [-0.15, -0.1) is 34.0 Å². The lowest BCUT2D eigenvalue weighted by Gasteiger charge is -2.33. The third kappa shape index (κ3) is 20.1. The summed E-state index contributed by atoms with van der Waals surface area (Å²) in [5.41, 5.74) is 23.5. The van der Waals surface area contributed by atoms with Crippen molar-refractivity contribution in [2.75, 3.05) is 164 Å². The summed E-state index contributed by atoms with van der Waals surface area (Å²) in [6.45, 7) is 26.1. The number of aryl methyl sites for hydroxylation is 4. The Kier molecular flexibility index (Phi) is 27.1. The SMILES string of the molecule is COc1ccc(-c2cc(=O)n3cc(N4CCNCC4)cc(C)c3n2)cc1OC.COc1ccc(-c2cc(=O)n3cc(N4CC[C@H](N)C4)ccc3n2)cc1OC.Cc1csc(-c2cc(=O)n3cc(N4CCNCC4)ccc3n2)n1.Cc1csc(-c2cc(=O)n3cc(N4CCN[C@@H](C)C4)ccc3n2)n1.Cc1nc2cc(-c3cc(=O)n4cc(N5CCCNCC5)ccc4n3)ccc2s1. The van der Waals surface area contributed by atoms with Crippen molar-refractivity contribution in [3.05, 3.63) is 255 Å². The highest BCUT2D eigenvalue weighted by Crippen LogP contribution is 2.36. The molecule has 0 spiro atoms. The lowest BCUT2D eigenvalue weighted by atomic mass is 10.1. The number of thiazole rings is 3. The van der Waals surface area contributed by atoms with Crippen LogP contribution < -0.4 is 98.2 Å². The Morgan fingerprint density at radius 3 is 1.23 bits per heavy atom. The standard InChI is InChI=1S/C21H21N5OS.C21H24N4O3.C20H22N4O3.C17H19N5OS.C16H17N5OS/c1-14-23-18-11-15(3-5-19(18)28-14)17-12-21(27)26-13-16(4-6-20(26)24-17)25-9-2-7-22-8-10-25;1-14-10-16(24-8-6-22-7-9-24)13-25-20(26)12-17(23-21(14)25)15-4-5-18(27-2)19(11-15)28-3;1-26-17-5-3-13(9-18(17)27-2)16-10-20(25)24-12-15(4-6-19(24)22-16)23-8-7-14(21)11-23;1-11-8-21(6-5-18-11)13-3-4-15-20-14(7-16(23)22(15)9-13)17-19-12(2)10-24-17;1-11-10-23-16(18-11)13-8-15(22)21-9-12(2-3-14(21)19-13)20-6-4-17-5-7-20/h3-6,11-13,22H,2,7-10H2,1H3;4-5,10-13,22H,6-9H2,1-3H3;3-6,9-10,12,14H,7-8,11,21H2,1-2H3;3-4,7,9-11,18H,5-6,8H2,1-2H3;2-3,8-10,17H,4-7H2,1H3/t;;14-;11-;/m..00./s1. The lowest BCUT2D eigenvalue weighted by Crippen LogP contribution is -2.49. The van der Waals surface area contributed by atoms with Gasteiger partial charge >= 0.3 is 0 Å². The maximum Gasteiger partial charge on any atom is 0.258 e. The van der Waals surface area contributed by atoms with Gasteiger partial charge in [-0.25, -0.2) is 39.9 Å². The van der Waals surface area contributed by atoms with Crippen LogP contribution >= 0.6 is 34.0 Å². The Bertz CT molecular complexity index is 7150. The van der Waals surface area contributed by atoms with Crippen molar-refractivity contribution >= 4 is 101 Å². The number of fused-ring (bicyclic) bond motifs is 6. The second-order valence-corrected chi connectivity index (χ2v) is 35.4. The Labute approximate surface area is 760 Å². The minimum Gasteiger partial charge on any atom is -0.493 e. The first-order chi connectivity index (χ1) is 63.2. The quantitative estimate of drug-likeness (QED) is 0.0675. The molecule has 2 atom stereocenters. The molecule has 670 valence electrons. The predicted molar refractivity (Wildman–Crippen MR) is 519 cm³/mol. The van der Waals surface area contributed by atoms with E-state index in [-0.39, 0.29) is 33.8 Å². The average molecular weight is 1810 g/mol. The first-order valence-electron chi connectivity index (χ1n) is 43.4. The summed E-state index contributed by atoms with van der Waals surface area (Å²) in [5, 5.41) is 20.1. The summed E-state index contributed by atoms with van der Waals surface area (Å²) >= 11 is 4.69. The van der Waals surface area contributed by atoms with Gasteiger partial charge in [0.25, 0.3) is 27.8 Å². The molecule has 16 aromatic rings. The fraction of sp³-hybridized carbons (Fsp3) is 0.316. The molecule has 0 saturated carbocycles. The normalized spacial score (nSPS) is 15.9. The molecular weight excluding hydrogens is 1700 g/mol. The van der Waals surface area contributed by atoms with Crippen molar-refractivity contribution in [3.63, 3.8) is 0 Å². The smallest absolute Gasteiger partial charge is 0.258 e. The third-order valence-corrected chi connectivity index (χ3v) is 26.2. The molecule has 5 aliphatic rings. The number of piperazine rings is 3. The predicted octanol–water partition coefficient (Wildman–Crippen LogP) is 10.6. The Morgan fingerprint density at radius 2 is 0.777 bits per heavy atom. The van der Waals surface area contributed by atoms with Crippen molar-refractivity contribution in [2.45, 2.75) is 59.5 Å². The van der Waals surface area contributed by atoms with E-state index in [4.69, 9.17) is 34.6 Å². The number of nitrogens with one attached hydrogen (secondary N) is 4. The molecule has 21 rings (SSSR count). The number of hydrogen-bond donors (Lipinski definition) is 5. The number of nitrogens with two attached hydrogens (primary N) is 1. The summed E-state index contributed by atoms with van der Waals surface area (Å²) in [6.07, 6.45) is 11.5. The molecule has 6 N–H and O–H groups in total. The van der Waals surface area contributed by atoms with E-state index in [0.29, 0.717) is 85.7 Å². The first-order valence-corrected chi connectivity index (χ1v) is 46.0. The number of rotatable bonds is 14. The topological polar surface area (TPSA) is 338 Å². The molecule has 35 heteroatoms. The molecule has 5 aliphatic heterocycles. The van der Waals surface area contributed by atoms with Crippen LogP contribution in [0.25, 0.3) is 93.6 Å². The maximum atomic E-state index is 12.9. The van der Waals surface area contributed by atoms with E-state index in [1.807, 2.05) is 154 Å². The van der Waals surface area contributed by atoms with Gasteiger partial charge < -0.3 is 70.4 Å². The van der Waals surface area contributed by atoms with Gasteiger partial charge in [-0.3, -0.25) is 46.0 Å². The maximum absolute atomic E-state index is 12.9. The summed E-state index contributed by atoms with van der Waals surface area (Å²) in [6, 6.07) is 43.4. The number of pyridine rings is 5. The summed E-state index contributed by atoms with van der Waals surface area (Å²) in [7, 11) is 6.35. The number of benzene rings is 3. The minimum atomic E-state index is -0.130. The van der Waals surface area contributed by atoms with Crippen molar-refractivity contribution in [3.8, 4) is 78.2 Å². The average Bonchev–Trinajstić information content (AvgIpc) is 0.838. The molecule has 5 saturated heterocycles. The van der Waals surface area contributed by atoms with Gasteiger partial charge in [-0.1, -0.05) is 6.07 Å². The lowest BCUT2D eigenvalue weighted by molar-refractivity contribution is 0.355. The third-order valence-electron chi connectivity index (χ3n) is 23.3. The zero-order valence-electron chi connectivity index (χ0n) is 73.9. The van der Waals surface area contributed by atoms with E-state index in [1.54, 1.807) is 92.1 Å². The van der Waals surface area contributed by atoms with Gasteiger partial charge in [0.1, 0.15) is 49.6 Å². The number of anilines is 5. The summed E-state index contributed by atoms with van der Waals surface area (Å²) in [5.74, 6) is 2.47. The molecule has 5 fully saturated rings. The second-order valence-electron chi connectivity index (χ2n) is 32.4. The fourth-order valence-corrected chi connectivity index (χ4v) is 18.9. The number of hydrogen-bond acceptors (Lipinski definition) is 30. The molecule has 0 radical (unpaired) electrons. The highest BCUT2D eigenvalue weighted by molar-refractivity contribution is 7.18. The first kappa shape index (κ1) is 88.6. The molecule has 18 heterocycles. The molecule has 130 heavy (non-hydrogen) atoms. The van der Waals surface area contributed by atoms with Crippen molar-refractivity contribution in [2.24, 2.45) is 5.73 Å². The van der Waals surface area contributed by atoms with Gasteiger partial charge in [-0.05, 0) is 163 Å². The minimum absolute atomic E-state index is 0.0654. The van der Waals surface area contributed by atoms with Gasteiger partial charge in [0.2, 0.25) is 0 Å². The number of ether oxygens (including phenoxy) is 4. The Balaban J connectivity index is 0.000000114. The molecule has 0 aliphatic carbocycles. The van der Waals surface area contributed by atoms with E-state index < -0.39 is 0 Å². The summed E-state index contributed by atoms with van der Waals surface area (Å²) in [4.78, 5) is 112. The van der Waals surface area contributed by atoms with Crippen LogP contribution in [0.5, 0.6) is 23.0 Å². The van der Waals surface area contributed by atoms with Crippen molar-refractivity contribution < 1.29 is 18.9 Å². The van der Waals surface area contributed by atoms with E-state index in [9.17, 15) is 24.0 Å². The zero-order valence-corrected chi connectivity index (χ0v) is 76.4. The van der Waals surface area contributed by atoms with Crippen LogP contribution in [0.2, 0.25) is 0 Å². The van der Waals surface area contributed by atoms with Crippen molar-refractivity contribution in [1.29, 1.82) is 0 Å². The Hall–Kier alpha value is -13.4. The monoisotopic (exact) mass is 1810 g/mol. The van der Waals surface area contributed by atoms with E-state index >= 15 is 0 Å². The molecule has 3 aromatic carbocycles. The molecule has 32 nitrogen and oxygen atoms in total. The highest BCUT2D eigenvalue weighted by Gasteiger charge is 2.24. The molecule has 13 aromatic heterocycles. The van der Waals surface area contributed by atoms with E-state index in [1.165, 1.54) is 28.7 Å². The molecule has 0 amide bonds. The number of methoxy groups -OCH3 is 4. The van der Waals surface area contributed by atoms with Crippen LogP contribution in [0.15, 0.2) is 205 Å². The van der Waals surface area contributed by atoms with Gasteiger partial charge in [0, 0.05) is 217 Å². The molecule has 0 bridgehead atoms. The van der Waals surface area contributed by atoms with Gasteiger partial charge in [0.05, 0.1) is 89.2 Å². The van der Waals surface area contributed by atoms with E-state index in [2.05, 4.69) is 101 Å². The van der Waals surface area contributed by atoms with Crippen LogP contribution in [0, 0.1) is 27.7 Å². The van der Waals surface area contributed by atoms with Gasteiger partial charge in [0.15, 0.2) is 23.0 Å². The summed E-state index contributed by atoms with van der Waals surface area (Å²) < 4.78 is 30.5. The van der Waals surface area contributed by atoms with Gasteiger partial charge in [-0.2, -0.15) is 0 Å². The molecule has 0 unspecified atom stereocenters. The molecular formula is C95H103N23O9S3. The van der Waals surface area contributed by atoms with Crippen LogP contribution in [-0.4, -0.2) is 214 Å². The van der Waals surface area contributed by atoms with Crippen LogP contribution in [0.1, 0.15) is 41.7 Å². The highest BCUT2D eigenvalue weighted by atomic mass is 32.1. The number of aromatic nitrogens is 13. The Morgan fingerprint density at radius 1 is 0.377 bits per heavy atom. The van der Waals surface area contributed by atoms with Crippen LogP contribution in [0.3, 0.4) is 0 Å². The van der Waals surface area contributed by atoms with Crippen molar-refractivity contribution in [1.82, 2.24) is 83.1 Å². The second kappa shape index (κ2) is 39.7. The van der Waals surface area contributed by atoms with Crippen LogP contribution in [-0.2, 0) is 0 Å². The zero-order chi connectivity index (χ0) is 90.2. The van der Waals surface area contributed by atoms with E-state index in [0.717, 1.165) is 211 Å². The fourth-order valence-electron chi connectivity index (χ4n) is 16.6.